The highest BCUT2D eigenvalue weighted by molar-refractivity contribution is 5.25. The van der Waals surface area contributed by atoms with Crippen LogP contribution >= 0.6 is 0 Å². The minimum Gasteiger partial charge on any atom is -0.365 e. The van der Waals surface area contributed by atoms with Crippen molar-refractivity contribution < 1.29 is 0 Å². The summed E-state index contributed by atoms with van der Waals surface area (Å²) < 4.78 is 0. The Hall–Kier alpha value is -0.980. The Morgan fingerprint density at radius 1 is 1.20 bits per heavy atom. The quantitative estimate of drug-likeness (QED) is 0.632. The molecule has 0 aromatic rings. The second-order valence-electron chi connectivity index (χ2n) is 3.91. The molecule has 3 rings (SSSR count). The van der Waals surface area contributed by atoms with Crippen molar-refractivity contribution in [3.05, 3.63) is 37.1 Å². The van der Waals surface area contributed by atoms with Crippen LogP contribution in [0, 0.1) is 0 Å². The van der Waals surface area contributed by atoms with E-state index < -0.39 is 0 Å². The summed E-state index contributed by atoms with van der Waals surface area (Å²) in [6.07, 6.45) is 11.4. The molecule has 1 nitrogen and oxygen atoms in total. The molecule has 2 unspecified atom stereocenters. The lowest BCUT2D eigenvalue weighted by Crippen LogP contribution is -2.57. The molecule has 1 heteroatoms. The summed E-state index contributed by atoms with van der Waals surface area (Å²) in [5.74, 6) is 0. The van der Waals surface area contributed by atoms with Crippen LogP contribution in [0.25, 0.3) is 0 Å². The Bertz CT molecular complexity index is 238. The number of allylic oxidation sites excluding steroid dienone is 3. The van der Waals surface area contributed by atoms with E-state index in [-0.39, 0.29) is 0 Å². The van der Waals surface area contributed by atoms with Gasteiger partial charge in [-0.25, -0.2) is 0 Å². The molecule has 0 aromatic heterocycles. The minimum absolute atomic E-state index is 0.794. The molecule has 1 aliphatic carbocycles. The number of fused-ring (bicyclic) bond motifs is 2. The molecular formula is C14H23N. The summed E-state index contributed by atoms with van der Waals surface area (Å²) in [5, 5.41) is 0. The van der Waals surface area contributed by atoms with Crippen molar-refractivity contribution in [1.82, 2.24) is 4.90 Å². The SMILES string of the molecule is C=C/C=C(\C=C)N1C2CCCC1C2.CC. The van der Waals surface area contributed by atoms with Gasteiger partial charge in [-0.1, -0.05) is 33.1 Å². The van der Waals surface area contributed by atoms with E-state index >= 15 is 0 Å². The normalized spacial score (nSPS) is 28.4. The average Bonchev–Trinajstić information content (AvgIpc) is 2.32. The molecule has 2 saturated heterocycles. The molecule has 2 heterocycles. The third-order valence-corrected chi connectivity index (χ3v) is 3.20. The number of hydrogen-bond acceptors (Lipinski definition) is 1. The minimum atomic E-state index is 0.794. The summed E-state index contributed by atoms with van der Waals surface area (Å²) in [6, 6.07) is 1.59. The highest BCUT2D eigenvalue weighted by Crippen LogP contribution is 2.40. The highest BCUT2D eigenvalue weighted by Gasteiger charge is 2.41. The maximum absolute atomic E-state index is 3.85. The molecule has 2 aliphatic heterocycles. The Morgan fingerprint density at radius 2 is 1.80 bits per heavy atom. The summed E-state index contributed by atoms with van der Waals surface area (Å²) in [6.45, 7) is 11.6. The van der Waals surface area contributed by atoms with Crippen LogP contribution < -0.4 is 0 Å². The predicted octanol–water partition coefficient (Wildman–Crippen LogP) is 3.90. The van der Waals surface area contributed by atoms with Crippen molar-refractivity contribution in [1.29, 1.82) is 0 Å². The molecule has 0 N–H and O–H groups in total. The van der Waals surface area contributed by atoms with Crippen molar-refractivity contribution >= 4 is 0 Å². The molecule has 2 bridgehead atoms. The predicted molar refractivity (Wildman–Crippen MR) is 67.7 cm³/mol. The molecule has 84 valence electrons. The van der Waals surface area contributed by atoms with Crippen LogP contribution in [-0.2, 0) is 0 Å². The van der Waals surface area contributed by atoms with Crippen molar-refractivity contribution in [3.8, 4) is 0 Å². The van der Waals surface area contributed by atoms with E-state index in [9.17, 15) is 0 Å². The van der Waals surface area contributed by atoms with E-state index in [0.29, 0.717) is 0 Å². The van der Waals surface area contributed by atoms with Crippen molar-refractivity contribution in [2.45, 2.75) is 51.6 Å². The van der Waals surface area contributed by atoms with Gasteiger partial charge in [-0.3, -0.25) is 0 Å². The fourth-order valence-corrected chi connectivity index (χ4v) is 2.61. The van der Waals surface area contributed by atoms with Gasteiger partial charge >= 0.3 is 0 Å². The van der Waals surface area contributed by atoms with Gasteiger partial charge in [0.25, 0.3) is 0 Å². The maximum atomic E-state index is 3.85. The third kappa shape index (κ3) is 2.34. The van der Waals surface area contributed by atoms with Crippen molar-refractivity contribution in [3.63, 3.8) is 0 Å². The van der Waals surface area contributed by atoms with E-state index in [1.165, 1.54) is 31.4 Å². The Labute approximate surface area is 94.2 Å². The lowest BCUT2D eigenvalue weighted by molar-refractivity contribution is 0.00964. The smallest absolute Gasteiger partial charge is 0.0365 e. The van der Waals surface area contributed by atoms with Gasteiger partial charge in [0, 0.05) is 17.8 Å². The van der Waals surface area contributed by atoms with Gasteiger partial charge in [0.1, 0.15) is 0 Å². The van der Waals surface area contributed by atoms with Crippen LogP contribution in [0.5, 0.6) is 0 Å². The molecule has 0 aromatic carbocycles. The zero-order valence-corrected chi connectivity index (χ0v) is 10.1. The number of nitrogens with zero attached hydrogens (tertiary/aromatic N) is 1. The monoisotopic (exact) mass is 205 g/mol. The van der Waals surface area contributed by atoms with E-state index in [2.05, 4.69) is 24.1 Å². The first-order valence-corrected chi connectivity index (χ1v) is 6.10. The van der Waals surface area contributed by atoms with E-state index in [1.807, 2.05) is 26.0 Å². The van der Waals surface area contributed by atoms with E-state index in [4.69, 9.17) is 0 Å². The largest absolute Gasteiger partial charge is 0.365 e. The summed E-state index contributed by atoms with van der Waals surface area (Å²) in [4.78, 5) is 2.51. The first-order chi connectivity index (χ1) is 7.36. The average molecular weight is 205 g/mol. The van der Waals surface area contributed by atoms with Gasteiger partial charge < -0.3 is 4.90 Å². The zero-order chi connectivity index (χ0) is 11.3. The van der Waals surface area contributed by atoms with Crippen LogP contribution in [0.1, 0.15) is 39.5 Å². The summed E-state index contributed by atoms with van der Waals surface area (Å²) in [5.41, 5.74) is 1.26. The van der Waals surface area contributed by atoms with Gasteiger partial charge in [-0.2, -0.15) is 0 Å². The Kier molecular flexibility index (Phi) is 4.67. The lowest BCUT2D eigenvalue weighted by atomic mass is 9.79. The molecule has 0 radical (unpaired) electrons. The van der Waals surface area contributed by atoms with Crippen LogP contribution in [0.2, 0.25) is 0 Å². The van der Waals surface area contributed by atoms with E-state index in [0.717, 1.165) is 12.1 Å². The van der Waals surface area contributed by atoms with E-state index in [1.54, 1.807) is 0 Å². The Balaban J connectivity index is 0.000000531. The van der Waals surface area contributed by atoms with Crippen LogP contribution in [0.15, 0.2) is 37.1 Å². The van der Waals surface area contributed by atoms with Crippen LogP contribution in [0.4, 0.5) is 0 Å². The van der Waals surface area contributed by atoms with Crippen LogP contribution in [0.3, 0.4) is 0 Å². The van der Waals surface area contributed by atoms with Crippen LogP contribution in [-0.4, -0.2) is 17.0 Å². The van der Waals surface area contributed by atoms with Gasteiger partial charge in [-0.05, 0) is 37.8 Å². The van der Waals surface area contributed by atoms with Gasteiger partial charge in [-0.15, -0.1) is 0 Å². The fraction of sp³-hybridized carbons (Fsp3) is 0.571. The number of rotatable bonds is 3. The molecule has 3 fully saturated rings. The van der Waals surface area contributed by atoms with Gasteiger partial charge in [0.15, 0.2) is 0 Å². The number of piperidine rings is 1. The first-order valence-electron chi connectivity index (χ1n) is 6.10. The Morgan fingerprint density at radius 3 is 2.20 bits per heavy atom. The van der Waals surface area contributed by atoms with Crippen molar-refractivity contribution in [2.24, 2.45) is 0 Å². The lowest BCUT2D eigenvalue weighted by Gasteiger charge is -2.55. The third-order valence-electron chi connectivity index (χ3n) is 3.20. The molecule has 1 saturated carbocycles. The molecule has 3 aliphatic rings. The molecule has 2 atom stereocenters. The van der Waals surface area contributed by atoms with Gasteiger partial charge in [0.05, 0.1) is 0 Å². The highest BCUT2D eigenvalue weighted by atomic mass is 15.3. The topological polar surface area (TPSA) is 3.24 Å². The summed E-state index contributed by atoms with van der Waals surface area (Å²) in [7, 11) is 0. The second kappa shape index (κ2) is 5.79. The van der Waals surface area contributed by atoms with Gasteiger partial charge in [0.2, 0.25) is 0 Å². The summed E-state index contributed by atoms with van der Waals surface area (Å²) >= 11 is 0. The maximum Gasteiger partial charge on any atom is 0.0365 e. The van der Waals surface area contributed by atoms with Crippen molar-refractivity contribution in [2.75, 3.05) is 0 Å². The second-order valence-corrected chi connectivity index (χ2v) is 3.91. The molecule has 15 heavy (non-hydrogen) atoms. The zero-order valence-electron chi connectivity index (χ0n) is 10.1. The molecular weight excluding hydrogens is 182 g/mol. The fourth-order valence-electron chi connectivity index (χ4n) is 2.61. The first kappa shape index (κ1) is 12.1. The number of hydrogen-bond donors (Lipinski definition) is 0. The molecule has 0 amide bonds. The standard InChI is InChI=1S/C12H17N.C2H6/c1-3-6-10(4-2)13-11-7-5-8-12(13)9-11;1-2/h3-4,6,11-12H,1-2,5,7-9H2;1-2H3/b10-6+;. The molecule has 0 spiro atoms.